The summed E-state index contributed by atoms with van der Waals surface area (Å²) in [5.41, 5.74) is 4.34. The number of aliphatic hydroxyl groups excluding tert-OH is 1. The first kappa shape index (κ1) is 20.5. The number of anilines is 1. The maximum absolute atomic E-state index is 9.74. The summed E-state index contributed by atoms with van der Waals surface area (Å²) in [7, 11) is 0. The molecule has 30 heavy (non-hydrogen) atoms. The third kappa shape index (κ3) is 5.42. The van der Waals surface area contributed by atoms with Gasteiger partial charge >= 0.3 is 0 Å². The molecule has 6 heteroatoms. The van der Waals surface area contributed by atoms with Gasteiger partial charge in [0.15, 0.2) is 0 Å². The van der Waals surface area contributed by atoms with Crippen molar-refractivity contribution in [1.82, 2.24) is 14.9 Å². The van der Waals surface area contributed by atoms with E-state index in [0.717, 1.165) is 48.9 Å². The summed E-state index contributed by atoms with van der Waals surface area (Å²) in [5.74, 6) is 0.770. The van der Waals surface area contributed by atoms with Crippen molar-refractivity contribution in [3.63, 3.8) is 0 Å². The van der Waals surface area contributed by atoms with E-state index in [1.54, 1.807) is 0 Å². The molecule has 1 aliphatic rings. The van der Waals surface area contributed by atoms with Crippen molar-refractivity contribution in [1.29, 1.82) is 0 Å². The molecule has 1 fully saturated rings. The highest BCUT2D eigenvalue weighted by Gasteiger charge is 2.16. The van der Waals surface area contributed by atoms with E-state index in [1.165, 1.54) is 5.56 Å². The van der Waals surface area contributed by atoms with Gasteiger partial charge in [0, 0.05) is 38.9 Å². The average Bonchev–Trinajstić information content (AvgIpc) is 2.81. The number of nitrogens with zero attached hydrogens (tertiary/aromatic N) is 4. The Kier molecular flexibility index (Phi) is 7.03. The van der Waals surface area contributed by atoms with Crippen LogP contribution in [0.2, 0.25) is 0 Å². The van der Waals surface area contributed by atoms with Crippen LogP contribution in [0.1, 0.15) is 22.4 Å². The van der Waals surface area contributed by atoms with Crippen molar-refractivity contribution in [2.75, 3.05) is 31.2 Å². The van der Waals surface area contributed by atoms with Crippen molar-refractivity contribution >= 4 is 5.95 Å². The monoisotopic (exact) mass is 404 g/mol. The van der Waals surface area contributed by atoms with E-state index < -0.39 is 0 Å². The first-order chi connectivity index (χ1) is 14.8. The van der Waals surface area contributed by atoms with E-state index in [0.29, 0.717) is 19.8 Å². The van der Waals surface area contributed by atoms with Crippen molar-refractivity contribution in [3.05, 3.63) is 89.2 Å². The van der Waals surface area contributed by atoms with Gasteiger partial charge in [-0.05, 0) is 22.8 Å². The van der Waals surface area contributed by atoms with E-state index in [9.17, 15) is 5.11 Å². The second kappa shape index (κ2) is 10.3. The molecule has 1 N–H and O–H groups in total. The number of hydrogen-bond donors (Lipinski definition) is 1. The number of morpholine rings is 1. The molecule has 0 radical (unpaired) electrons. The van der Waals surface area contributed by atoms with Gasteiger partial charge in [-0.3, -0.25) is 4.90 Å². The number of hydrogen-bond acceptors (Lipinski definition) is 6. The topological polar surface area (TPSA) is 61.7 Å². The van der Waals surface area contributed by atoms with Crippen molar-refractivity contribution in [2.24, 2.45) is 0 Å². The van der Waals surface area contributed by atoms with Gasteiger partial charge in [-0.2, -0.15) is 0 Å². The minimum absolute atomic E-state index is 0.0457. The molecule has 1 aliphatic heterocycles. The molecule has 1 aromatic heterocycles. The largest absolute Gasteiger partial charge is 0.392 e. The molecule has 156 valence electrons. The molecule has 2 aromatic carbocycles. The molecule has 2 heterocycles. The van der Waals surface area contributed by atoms with E-state index in [1.807, 2.05) is 36.5 Å². The lowest BCUT2D eigenvalue weighted by Crippen LogP contribution is -2.37. The molecule has 0 aliphatic carbocycles. The lowest BCUT2D eigenvalue weighted by atomic mass is 10.1. The van der Waals surface area contributed by atoms with Gasteiger partial charge in [-0.25, -0.2) is 9.97 Å². The Morgan fingerprint density at radius 1 is 0.867 bits per heavy atom. The highest BCUT2D eigenvalue weighted by molar-refractivity contribution is 5.31. The van der Waals surface area contributed by atoms with Crippen molar-refractivity contribution < 1.29 is 9.84 Å². The molecule has 1 saturated heterocycles. The zero-order valence-electron chi connectivity index (χ0n) is 17.2. The Hall–Kier alpha value is -2.80. The van der Waals surface area contributed by atoms with Gasteiger partial charge in [-0.15, -0.1) is 0 Å². The fourth-order valence-corrected chi connectivity index (χ4v) is 3.73. The molecule has 0 unspecified atom stereocenters. The van der Waals surface area contributed by atoms with E-state index in [4.69, 9.17) is 9.72 Å². The van der Waals surface area contributed by atoms with Crippen LogP contribution in [0.25, 0.3) is 0 Å². The maximum Gasteiger partial charge on any atom is 0.225 e. The fraction of sp³-hybridized carbons (Fsp3) is 0.333. The second-order valence-corrected chi connectivity index (χ2v) is 7.50. The van der Waals surface area contributed by atoms with E-state index >= 15 is 0 Å². The molecule has 6 nitrogen and oxygen atoms in total. The quantitative estimate of drug-likeness (QED) is 0.623. The summed E-state index contributed by atoms with van der Waals surface area (Å²) < 4.78 is 5.44. The molecule has 0 saturated carbocycles. The summed E-state index contributed by atoms with van der Waals surface area (Å²) in [6, 6.07) is 20.5. The zero-order valence-corrected chi connectivity index (χ0v) is 17.2. The lowest BCUT2D eigenvalue weighted by molar-refractivity contribution is 0.122. The summed E-state index contributed by atoms with van der Waals surface area (Å²) in [6.07, 6.45) is 1.84. The first-order valence-electron chi connectivity index (χ1n) is 10.4. The summed E-state index contributed by atoms with van der Waals surface area (Å²) in [5, 5.41) is 9.74. The molecule has 0 atom stereocenters. The summed E-state index contributed by atoms with van der Waals surface area (Å²) in [6.45, 7) is 5.36. The van der Waals surface area contributed by atoms with Crippen LogP contribution in [0.3, 0.4) is 0 Å². The molecule has 0 spiro atoms. The van der Waals surface area contributed by atoms with Crippen LogP contribution in [-0.2, 0) is 31.0 Å². The highest BCUT2D eigenvalue weighted by atomic mass is 16.5. The molecule has 0 bridgehead atoms. The number of benzene rings is 2. The minimum Gasteiger partial charge on any atom is -0.392 e. The van der Waals surface area contributed by atoms with Crippen LogP contribution in [0.15, 0.2) is 66.9 Å². The average molecular weight is 405 g/mol. The number of ether oxygens (including phenoxy) is 1. The van der Waals surface area contributed by atoms with Gasteiger partial charge in [-0.1, -0.05) is 54.6 Å². The smallest absolute Gasteiger partial charge is 0.225 e. The number of aliphatic hydroxyl groups is 1. The molecule has 3 aromatic rings. The first-order valence-corrected chi connectivity index (χ1v) is 10.4. The highest BCUT2D eigenvalue weighted by Crippen LogP contribution is 2.18. The normalized spacial score (nSPS) is 14.3. The third-order valence-corrected chi connectivity index (χ3v) is 5.31. The van der Waals surface area contributed by atoms with Crippen molar-refractivity contribution in [3.8, 4) is 0 Å². The Labute approximate surface area is 177 Å². The fourth-order valence-electron chi connectivity index (χ4n) is 3.73. The van der Waals surface area contributed by atoms with Crippen LogP contribution < -0.4 is 4.90 Å². The zero-order chi connectivity index (χ0) is 20.6. The van der Waals surface area contributed by atoms with Gasteiger partial charge < -0.3 is 14.7 Å². The Morgan fingerprint density at radius 3 is 2.37 bits per heavy atom. The van der Waals surface area contributed by atoms with Crippen LogP contribution in [0.5, 0.6) is 0 Å². The molecule has 4 rings (SSSR count). The standard InChI is InChI=1S/C24H28N4O2/c29-19-22-9-5-4-8-21(22)17-27(16-20-6-2-1-3-7-20)18-23-10-11-25-24(26-23)28-12-14-30-15-13-28/h1-11,29H,12-19H2. The van der Waals surface area contributed by atoms with Crippen LogP contribution in [0, 0.1) is 0 Å². The lowest BCUT2D eigenvalue weighted by Gasteiger charge is -2.27. The predicted molar refractivity (Wildman–Crippen MR) is 117 cm³/mol. The third-order valence-electron chi connectivity index (χ3n) is 5.31. The number of rotatable bonds is 8. The predicted octanol–water partition coefficient (Wildman–Crippen LogP) is 3.01. The molecular formula is C24H28N4O2. The van der Waals surface area contributed by atoms with Crippen LogP contribution >= 0.6 is 0 Å². The number of aromatic nitrogens is 2. The van der Waals surface area contributed by atoms with Crippen LogP contribution in [0.4, 0.5) is 5.95 Å². The Bertz CT molecular complexity index is 929. The van der Waals surface area contributed by atoms with Gasteiger partial charge in [0.1, 0.15) is 0 Å². The van der Waals surface area contributed by atoms with Gasteiger partial charge in [0.2, 0.25) is 5.95 Å². The minimum atomic E-state index is 0.0457. The van der Waals surface area contributed by atoms with E-state index in [2.05, 4.69) is 45.1 Å². The second-order valence-electron chi connectivity index (χ2n) is 7.50. The summed E-state index contributed by atoms with van der Waals surface area (Å²) in [4.78, 5) is 13.8. The van der Waals surface area contributed by atoms with Gasteiger partial charge in [0.05, 0.1) is 25.5 Å². The summed E-state index contributed by atoms with van der Waals surface area (Å²) >= 11 is 0. The van der Waals surface area contributed by atoms with Crippen molar-refractivity contribution in [2.45, 2.75) is 26.2 Å². The maximum atomic E-state index is 9.74. The van der Waals surface area contributed by atoms with Gasteiger partial charge in [0.25, 0.3) is 0 Å². The molecule has 0 amide bonds. The van der Waals surface area contributed by atoms with Crippen LogP contribution in [-0.4, -0.2) is 46.3 Å². The Morgan fingerprint density at radius 2 is 1.60 bits per heavy atom. The Balaban J connectivity index is 1.54. The molecular weight excluding hydrogens is 376 g/mol. The van der Waals surface area contributed by atoms with E-state index in [-0.39, 0.29) is 6.61 Å². The SMILES string of the molecule is OCc1ccccc1CN(Cc1ccccc1)Cc1ccnc(N2CCOCC2)n1.